The largest absolute Gasteiger partial charge is 0.497 e. The Morgan fingerprint density at radius 1 is 1.16 bits per heavy atom. The molecule has 1 aliphatic heterocycles. The molecule has 4 rings (SSSR count). The third-order valence-electron chi connectivity index (χ3n) is 4.66. The average molecular weight is 335 g/mol. The highest BCUT2D eigenvalue weighted by molar-refractivity contribution is 5.43. The van der Waals surface area contributed by atoms with Crippen LogP contribution in [0.4, 0.5) is 11.9 Å². The van der Waals surface area contributed by atoms with Gasteiger partial charge in [-0.2, -0.15) is 4.98 Å². The molecule has 0 radical (unpaired) electrons. The van der Waals surface area contributed by atoms with Gasteiger partial charge in [-0.05, 0) is 36.6 Å². The van der Waals surface area contributed by atoms with Gasteiger partial charge in [-0.3, -0.25) is 0 Å². The van der Waals surface area contributed by atoms with Gasteiger partial charge in [-0.25, -0.2) is 4.68 Å². The lowest BCUT2D eigenvalue weighted by atomic mass is 9.93. The second kappa shape index (κ2) is 6.12. The summed E-state index contributed by atoms with van der Waals surface area (Å²) >= 11 is 0. The fourth-order valence-electron chi connectivity index (χ4n) is 3.34. The lowest BCUT2D eigenvalue weighted by Gasteiger charge is -2.31. The fraction of sp³-hybridized carbons (Fsp3) is 0.263. The molecule has 0 saturated carbocycles. The van der Waals surface area contributed by atoms with Gasteiger partial charge in [0.2, 0.25) is 11.9 Å². The van der Waals surface area contributed by atoms with Crippen LogP contribution in [0.25, 0.3) is 0 Å². The lowest BCUT2D eigenvalue weighted by Crippen LogP contribution is -2.28. The van der Waals surface area contributed by atoms with E-state index in [0.29, 0.717) is 5.95 Å². The number of nitrogens with two attached hydrogens (primary N) is 1. The number of aromatic nitrogens is 3. The molecule has 2 aromatic carbocycles. The van der Waals surface area contributed by atoms with E-state index >= 15 is 0 Å². The molecule has 3 aromatic rings. The van der Waals surface area contributed by atoms with Crippen LogP contribution in [0.1, 0.15) is 35.2 Å². The van der Waals surface area contributed by atoms with Gasteiger partial charge in [0.15, 0.2) is 0 Å². The number of nitrogens with one attached hydrogen (secondary N) is 1. The van der Waals surface area contributed by atoms with E-state index in [1.807, 2.05) is 16.8 Å². The van der Waals surface area contributed by atoms with Gasteiger partial charge < -0.3 is 15.8 Å². The van der Waals surface area contributed by atoms with E-state index in [2.05, 4.69) is 58.7 Å². The second-order valence-electron chi connectivity index (χ2n) is 6.37. The normalized spacial score (nSPS) is 19.1. The first-order chi connectivity index (χ1) is 12.1. The first-order valence-corrected chi connectivity index (χ1v) is 8.33. The van der Waals surface area contributed by atoms with Gasteiger partial charge in [0, 0.05) is 0 Å². The van der Waals surface area contributed by atoms with Crippen molar-refractivity contribution in [1.82, 2.24) is 14.8 Å². The van der Waals surface area contributed by atoms with Gasteiger partial charge in [0.25, 0.3) is 0 Å². The number of nitrogen functional groups attached to an aromatic ring is 1. The van der Waals surface area contributed by atoms with E-state index in [9.17, 15) is 0 Å². The third-order valence-corrected chi connectivity index (χ3v) is 4.66. The molecule has 0 amide bonds. The maximum absolute atomic E-state index is 5.85. The van der Waals surface area contributed by atoms with E-state index in [-0.39, 0.29) is 18.0 Å². The minimum absolute atomic E-state index is 0.0813. The molecule has 128 valence electrons. The van der Waals surface area contributed by atoms with Crippen molar-refractivity contribution in [2.24, 2.45) is 0 Å². The van der Waals surface area contributed by atoms with Crippen LogP contribution in [0.15, 0.2) is 48.5 Å². The molecule has 0 spiro atoms. The molecule has 6 heteroatoms. The van der Waals surface area contributed by atoms with Crippen LogP contribution in [-0.2, 0) is 0 Å². The Kier molecular flexibility index (Phi) is 3.80. The summed E-state index contributed by atoms with van der Waals surface area (Å²) in [5.41, 5.74) is 9.44. The van der Waals surface area contributed by atoms with Crippen molar-refractivity contribution >= 4 is 11.9 Å². The van der Waals surface area contributed by atoms with Crippen LogP contribution in [0, 0.1) is 6.92 Å². The number of methoxy groups -OCH3 is 1. The first kappa shape index (κ1) is 15.5. The van der Waals surface area contributed by atoms with Crippen molar-refractivity contribution in [2.75, 3.05) is 18.2 Å². The standard InChI is InChI=1S/C19H21N5O/c1-12-6-8-13(9-7-12)17-11-16(14-4-3-5-15(10-14)25-2)21-19-22-18(20)23-24(17)19/h3-10,16-17H,11H2,1-2H3,(H3,20,21,22,23)/t16-,17-/m1/s1. The van der Waals surface area contributed by atoms with Gasteiger partial charge in [-0.15, -0.1) is 5.10 Å². The van der Waals surface area contributed by atoms with Crippen LogP contribution in [-0.4, -0.2) is 21.9 Å². The molecular weight excluding hydrogens is 314 g/mol. The number of benzene rings is 2. The molecule has 2 heterocycles. The second-order valence-corrected chi connectivity index (χ2v) is 6.37. The van der Waals surface area contributed by atoms with Crippen molar-refractivity contribution in [3.8, 4) is 5.75 Å². The number of hydrogen-bond donors (Lipinski definition) is 2. The molecule has 25 heavy (non-hydrogen) atoms. The Labute approximate surface area is 146 Å². The van der Waals surface area contributed by atoms with E-state index in [0.717, 1.165) is 17.7 Å². The minimum atomic E-state index is 0.0813. The molecule has 1 aromatic heterocycles. The van der Waals surface area contributed by atoms with Gasteiger partial charge in [-0.1, -0.05) is 42.0 Å². The number of hydrogen-bond acceptors (Lipinski definition) is 5. The van der Waals surface area contributed by atoms with Crippen molar-refractivity contribution in [3.63, 3.8) is 0 Å². The number of fused-ring (bicyclic) bond motifs is 1. The summed E-state index contributed by atoms with van der Waals surface area (Å²) in [5, 5.41) is 7.84. The summed E-state index contributed by atoms with van der Waals surface area (Å²) in [6, 6.07) is 16.8. The molecule has 6 nitrogen and oxygen atoms in total. The SMILES string of the molecule is COc1cccc([C@H]2C[C@H](c3ccc(C)cc3)n3nc(N)nc3N2)c1. The Bertz CT molecular complexity index is 887. The van der Waals surface area contributed by atoms with E-state index in [1.165, 1.54) is 11.1 Å². The Balaban J connectivity index is 1.74. The highest BCUT2D eigenvalue weighted by Gasteiger charge is 2.30. The zero-order valence-electron chi connectivity index (χ0n) is 14.3. The smallest absolute Gasteiger partial charge is 0.241 e. The summed E-state index contributed by atoms with van der Waals surface area (Å²) in [6.45, 7) is 2.09. The van der Waals surface area contributed by atoms with E-state index < -0.39 is 0 Å². The van der Waals surface area contributed by atoms with Crippen LogP contribution in [0.2, 0.25) is 0 Å². The first-order valence-electron chi connectivity index (χ1n) is 8.33. The summed E-state index contributed by atoms with van der Waals surface area (Å²) in [5.74, 6) is 1.82. The van der Waals surface area contributed by atoms with Gasteiger partial charge >= 0.3 is 0 Å². The molecule has 1 aliphatic rings. The lowest BCUT2D eigenvalue weighted by molar-refractivity contribution is 0.410. The monoisotopic (exact) mass is 335 g/mol. The third kappa shape index (κ3) is 2.91. The van der Waals surface area contributed by atoms with E-state index in [4.69, 9.17) is 10.5 Å². The predicted octanol–water partition coefficient (Wildman–Crippen LogP) is 3.32. The number of nitrogens with zero attached hydrogens (tertiary/aromatic N) is 3. The summed E-state index contributed by atoms with van der Waals surface area (Å²) in [6.07, 6.45) is 0.853. The molecule has 2 atom stereocenters. The Hall–Kier alpha value is -3.02. The molecule has 0 saturated heterocycles. The Morgan fingerprint density at radius 2 is 1.96 bits per heavy atom. The molecule has 0 aliphatic carbocycles. The van der Waals surface area contributed by atoms with Crippen molar-refractivity contribution in [2.45, 2.75) is 25.4 Å². The maximum Gasteiger partial charge on any atom is 0.241 e. The van der Waals surface area contributed by atoms with E-state index in [1.54, 1.807) is 7.11 Å². The number of ether oxygens (including phenoxy) is 1. The van der Waals surface area contributed by atoms with Crippen LogP contribution < -0.4 is 15.8 Å². The topological polar surface area (TPSA) is 78.0 Å². The molecule has 0 fully saturated rings. The summed E-state index contributed by atoms with van der Waals surface area (Å²) < 4.78 is 7.25. The molecule has 3 N–H and O–H groups in total. The highest BCUT2D eigenvalue weighted by atomic mass is 16.5. The fourth-order valence-corrected chi connectivity index (χ4v) is 3.34. The van der Waals surface area contributed by atoms with Crippen molar-refractivity contribution in [3.05, 3.63) is 65.2 Å². The number of anilines is 2. The Morgan fingerprint density at radius 3 is 2.72 bits per heavy atom. The van der Waals surface area contributed by atoms with Crippen molar-refractivity contribution in [1.29, 1.82) is 0 Å². The molecular formula is C19H21N5O. The van der Waals surface area contributed by atoms with Gasteiger partial charge in [0.05, 0.1) is 19.2 Å². The quantitative estimate of drug-likeness (QED) is 0.768. The van der Waals surface area contributed by atoms with Crippen LogP contribution in [0.5, 0.6) is 5.75 Å². The van der Waals surface area contributed by atoms with Crippen molar-refractivity contribution < 1.29 is 4.74 Å². The molecule has 0 bridgehead atoms. The maximum atomic E-state index is 5.85. The number of aryl methyl sites for hydroxylation is 1. The average Bonchev–Trinajstić information content (AvgIpc) is 3.02. The summed E-state index contributed by atoms with van der Waals surface area (Å²) in [4.78, 5) is 4.35. The zero-order chi connectivity index (χ0) is 17.4. The van der Waals surface area contributed by atoms with Crippen LogP contribution in [0.3, 0.4) is 0 Å². The zero-order valence-corrected chi connectivity index (χ0v) is 14.3. The minimum Gasteiger partial charge on any atom is -0.497 e. The van der Waals surface area contributed by atoms with Gasteiger partial charge in [0.1, 0.15) is 5.75 Å². The van der Waals surface area contributed by atoms with Crippen LogP contribution >= 0.6 is 0 Å². The molecule has 0 unspecified atom stereocenters. The number of rotatable bonds is 3. The predicted molar refractivity (Wildman–Crippen MR) is 97.7 cm³/mol. The highest BCUT2D eigenvalue weighted by Crippen LogP contribution is 2.38. The summed E-state index contributed by atoms with van der Waals surface area (Å²) in [7, 11) is 1.68.